The van der Waals surface area contributed by atoms with Crippen molar-refractivity contribution < 1.29 is 28.9 Å². The van der Waals surface area contributed by atoms with Crippen LogP contribution in [0.4, 0.5) is 0 Å². The van der Waals surface area contributed by atoms with Crippen LogP contribution in [0.2, 0.25) is 0 Å². The molecule has 18 heavy (non-hydrogen) atoms. The zero-order valence-corrected chi connectivity index (χ0v) is 10.1. The van der Waals surface area contributed by atoms with Gasteiger partial charge in [-0.1, -0.05) is 0 Å². The Morgan fingerprint density at radius 1 is 1.50 bits per heavy atom. The average molecular weight is 274 g/mol. The van der Waals surface area contributed by atoms with E-state index in [1.165, 1.54) is 12.4 Å². The third-order valence-corrected chi connectivity index (χ3v) is 3.89. The molecule has 2 heterocycles. The molecular weight excluding hydrogens is 262 g/mol. The molecule has 0 aromatic carbocycles. The molecule has 0 amide bonds. The monoisotopic (exact) mass is 274 g/mol. The van der Waals surface area contributed by atoms with E-state index >= 15 is 0 Å². The minimum Gasteiger partial charge on any atom is -0.388 e. The Kier molecular flexibility index (Phi) is 3.91. The van der Waals surface area contributed by atoms with Gasteiger partial charge in [-0.2, -0.15) is 0 Å². The van der Waals surface area contributed by atoms with Crippen LogP contribution in [0.3, 0.4) is 0 Å². The fourth-order valence-corrected chi connectivity index (χ4v) is 2.45. The fourth-order valence-electron chi connectivity index (χ4n) is 1.55. The predicted octanol–water partition coefficient (Wildman–Crippen LogP) is -1.54. The van der Waals surface area contributed by atoms with Crippen molar-refractivity contribution in [1.82, 2.24) is 9.32 Å². The summed E-state index contributed by atoms with van der Waals surface area (Å²) < 4.78 is 22.4. The van der Waals surface area contributed by atoms with E-state index in [1.807, 2.05) is 0 Å². The maximum atomic E-state index is 11.7. The summed E-state index contributed by atoms with van der Waals surface area (Å²) in [5.74, 6) is 0. The molecule has 5 atom stereocenters. The molecule has 2 unspecified atom stereocenters. The Labute approximate surface area is 104 Å². The molecule has 2 radical (unpaired) electrons. The van der Waals surface area contributed by atoms with Gasteiger partial charge in [0.05, 0.1) is 12.7 Å². The van der Waals surface area contributed by atoms with Crippen LogP contribution in [0.25, 0.3) is 0 Å². The van der Waals surface area contributed by atoms with E-state index in [0.29, 0.717) is 0 Å². The molecule has 0 spiro atoms. The van der Waals surface area contributed by atoms with Crippen molar-refractivity contribution in [3.8, 4) is 0 Å². The second-order valence-corrected chi connectivity index (χ2v) is 5.55. The fraction of sp³-hybridized carbons (Fsp3) is 0.625. The third kappa shape index (κ3) is 2.66. The number of hydrogen-bond acceptors (Lipinski definition) is 6. The van der Waals surface area contributed by atoms with Gasteiger partial charge in [0, 0.05) is 18.4 Å². The lowest BCUT2D eigenvalue weighted by atomic mass is 9.93. The summed E-state index contributed by atoms with van der Waals surface area (Å²) >= 11 is 0. The van der Waals surface area contributed by atoms with Crippen LogP contribution in [-0.4, -0.2) is 63.2 Å². The Morgan fingerprint density at radius 3 is 2.72 bits per heavy atom. The van der Waals surface area contributed by atoms with Gasteiger partial charge in [0.2, 0.25) is 0 Å². The van der Waals surface area contributed by atoms with Gasteiger partial charge in [-0.15, -0.1) is 0 Å². The van der Waals surface area contributed by atoms with E-state index in [9.17, 15) is 19.7 Å². The van der Waals surface area contributed by atoms with Crippen LogP contribution in [0.15, 0.2) is 18.7 Å². The first-order chi connectivity index (χ1) is 8.42. The highest BCUT2D eigenvalue weighted by atomic mass is 31.2. The second-order valence-electron chi connectivity index (χ2n) is 3.85. The van der Waals surface area contributed by atoms with Crippen molar-refractivity contribution in [2.45, 2.75) is 24.3 Å². The van der Waals surface area contributed by atoms with Gasteiger partial charge in [-0.05, 0) is 0 Å². The van der Waals surface area contributed by atoms with Crippen LogP contribution >= 0.6 is 7.75 Å². The maximum Gasteiger partial charge on any atom is 0.437 e. The van der Waals surface area contributed by atoms with Gasteiger partial charge in [0.25, 0.3) is 0 Å². The molecule has 10 heteroatoms. The average Bonchev–Trinajstić information content (AvgIpc) is 2.92. The number of rotatable bonds is 4. The molecule has 1 aliphatic rings. The molecule has 3 N–H and O–H groups in total. The van der Waals surface area contributed by atoms with Crippen molar-refractivity contribution in [1.29, 1.82) is 0 Å². The molecular formula is C8H12BN2O6P. The van der Waals surface area contributed by atoms with E-state index in [4.69, 9.17) is 17.1 Å². The molecule has 1 fully saturated rings. The number of hydrogen-bond donors (Lipinski definition) is 3. The van der Waals surface area contributed by atoms with Gasteiger partial charge in [-0.25, -0.2) is 13.9 Å². The molecule has 0 saturated carbocycles. The lowest BCUT2D eigenvalue weighted by molar-refractivity contribution is -0.00523. The van der Waals surface area contributed by atoms with Crippen molar-refractivity contribution in [2.24, 2.45) is 0 Å². The number of aliphatic hydroxyl groups is 2. The van der Waals surface area contributed by atoms with Gasteiger partial charge in [-0.3, -0.25) is 4.52 Å². The van der Waals surface area contributed by atoms with Gasteiger partial charge < -0.3 is 19.8 Å². The first-order valence-corrected chi connectivity index (χ1v) is 6.68. The summed E-state index contributed by atoms with van der Waals surface area (Å²) in [7, 11) is 1.28. The van der Waals surface area contributed by atoms with E-state index in [2.05, 4.69) is 4.98 Å². The standard InChI is InChI=1S/C8H12BN2O6P/c9-8-7(13)6(12)5(17-8)3-16-18(14,15)11-2-1-10-4-11/h1-2,4-8,12-13H,3H2,(H,14,15)/t5-,6+,7?,8-/m1/s1. The molecule has 0 aliphatic carbocycles. The first-order valence-electron chi connectivity index (χ1n) is 5.15. The summed E-state index contributed by atoms with van der Waals surface area (Å²) in [5, 5.41) is 18.9. The largest absolute Gasteiger partial charge is 0.437 e. The molecule has 1 aromatic rings. The van der Waals surface area contributed by atoms with Gasteiger partial charge in [0.1, 0.15) is 26.4 Å². The topological polar surface area (TPSA) is 114 Å². The van der Waals surface area contributed by atoms with Crippen LogP contribution in [0, 0.1) is 0 Å². The Balaban J connectivity index is 1.95. The molecule has 1 aliphatic heterocycles. The summed E-state index contributed by atoms with van der Waals surface area (Å²) in [5.41, 5.74) is 0. The summed E-state index contributed by atoms with van der Waals surface area (Å²) in [4.78, 5) is 13.2. The van der Waals surface area contributed by atoms with E-state index < -0.39 is 32.1 Å². The number of nitrogens with zero attached hydrogens (tertiary/aromatic N) is 2. The first kappa shape index (κ1) is 13.7. The molecule has 0 bridgehead atoms. The maximum absolute atomic E-state index is 11.7. The van der Waals surface area contributed by atoms with Crippen LogP contribution in [0.5, 0.6) is 0 Å². The molecule has 2 rings (SSSR count). The molecule has 1 saturated heterocycles. The highest BCUT2D eigenvalue weighted by Gasteiger charge is 2.41. The highest BCUT2D eigenvalue weighted by Crippen LogP contribution is 2.43. The lowest BCUT2D eigenvalue weighted by Gasteiger charge is -2.18. The van der Waals surface area contributed by atoms with E-state index in [1.54, 1.807) is 0 Å². The van der Waals surface area contributed by atoms with Gasteiger partial charge >= 0.3 is 7.75 Å². The number of imidazole rings is 1. The summed E-state index contributed by atoms with van der Waals surface area (Å²) in [6.45, 7) is -0.377. The van der Waals surface area contributed by atoms with Crippen molar-refractivity contribution >= 4 is 15.6 Å². The minimum absolute atomic E-state index is 0.377. The van der Waals surface area contributed by atoms with Crippen LogP contribution in [-0.2, 0) is 13.8 Å². The predicted molar refractivity (Wildman–Crippen MR) is 59.8 cm³/mol. The van der Waals surface area contributed by atoms with Crippen molar-refractivity contribution in [3.05, 3.63) is 18.7 Å². The smallest absolute Gasteiger partial charge is 0.388 e. The molecule has 8 nitrogen and oxygen atoms in total. The normalized spacial score (nSPS) is 35.5. The lowest BCUT2D eigenvalue weighted by Crippen LogP contribution is -2.34. The molecule has 1 aromatic heterocycles. The van der Waals surface area contributed by atoms with E-state index in [-0.39, 0.29) is 6.61 Å². The number of ether oxygens (including phenoxy) is 1. The quantitative estimate of drug-likeness (QED) is 0.450. The third-order valence-electron chi connectivity index (χ3n) is 2.59. The highest BCUT2D eigenvalue weighted by molar-refractivity contribution is 7.51. The number of aromatic nitrogens is 2. The number of aliphatic hydroxyl groups excluding tert-OH is 2. The summed E-state index contributed by atoms with van der Waals surface area (Å²) in [6.07, 6.45) is 0.264. The molecule has 98 valence electrons. The Morgan fingerprint density at radius 2 is 2.22 bits per heavy atom. The zero-order valence-electron chi connectivity index (χ0n) is 9.23. The van der Waals surface area contributed by atoms with Gasteiger partial charge in [0.15, 0.2) is 0 Å². The Hall–Kier alpha value is -0.695. The Bertz CT molecular complexity index is 443. The van der Waals surface area contributed by atoms with Crippen LogP contribution in [0.1, 0.15) is 0 Å². The SMILES string of the molecule is [B][C@@H]1O[C@H](COP(=O)(O)n2ccnc2)[C@H](O)C1O. The van der Waals surface area contributed by atoms with E-state index in [0.717, 1.165) is 10.7 Å². The van der Waals surface area contributed by atoms with Crippen LogP contribution < -0.4 is 0 Å². The van der Waals surface area contributed by atoms with Crippen molar-refractivity contribution in [3.63, 3.8) is 0 Å². The van der Waals surface area contributed by atoms with Crippen molar-refractivity contribution in [2.75, 3.05) is 6.61 Å². The second kappa shape index (κ2) is 5.12. The zero-order chi connectivity index (χ0) is 13.3. The minimum atomic E-state index is -4.07. The summed E-state index contributed by atoms with van der Waals surface area (Å²) in [6, 6.07) is -1.04.